The van der Waals surface area contributed by atoms with E-state index < -0.39 is 146 Å². The van der Waals surface area contributed by atoms with Gasteiger partial charge in [0.05, 0.1) is 97.4 Å². The Bertz CT molecular complexity index is 4220. The Balaban J connectivity index is 0. The number of ketones is 2. The molecule has 0 saturated heterocycles. The molecule has 2 unspecified atom stereocenters. The molecule has 0 aromatic heterocycles. The van der Waals surface area contributed by atoms with Gasteiger partial charge in [-0.25, -0.2) is 58.3 Å². The fourth-order valence-corrected chi connectivity index (χ4v) is 16.8. The summed E-state index contributed by atoms with van der Waals surface area (Å²) in [6, 6.07) is 3.58. The molecule has 8 fully saturated rings. The Morgan fingerprint density at radius 2 is 0.884 bits per heavy atom. The maximum Gasteiger partial charge on any atom is 0.340 e. The predicted molar refractivity (Wildman–Crippen MR) is 514 cm³/mol. The number of hydrogen-bond acceptors (Lipinski definition) is 33. The number of aliphatic hydroxyl groups excluding tert-OH is 1. The Morgan fingerprint density at radius 3 is 1.18 bits per heavy atom. The highest BCUT2D eigenvalue weighted by Crippen LogP contribution is 2.54. The summed E-state index contributed by atoms with van der Waals surface area (Å²) in [4.78, 5) is 166. The monoisotopic (exact) mass is 2330 g/mol. The van der Waals surface area contributed by atoms with Crippen molar-refractivity contribution >= 4 is 147 Å². The van der Waals surface area contributed by atoms with E-state index in [2.05, 4.69) is 67.9 Å². The van der Waals surface area contributed by atoms with E-state index in [1.807, 2.05) is 13.8 Å². The van der Waals surface area contributed by atoms with E-state index in [0.717, 1.165) is 30.2 Å². The van der Waals surface area contributed by atoms with Crippen LogP contribution in [0.15, 0.2) is 33.6 Å². The molecule has 0 radical (unpaired) electrons. The van der Waals surface area contributed by atoms with Gasteiger partial charge in [-0.3, -0.25) is 61.7 Å². The molecule has 0 spiro atoms. The lowest BCUT2D eigenvalue weighted by Crippen LogP contribution is -2.62. The number of methoxy groups -OCH3 is 4. The van der Waals surface area contributed by atoms with Crippen LogP contribution in [0.5, 0.6) is 0 Å². The third-order valence-corrected chi connectivity index (χ3v) is 25.2. The Kier molecular flexibility index (Phi) is 64.7. The van der Waals surface area contributed by atoms with Crippen molar-refractivity contribution in [3.63, 3.8) is 0 Å². The van der Waals surface area contributed by atoms with Crippen molar-refractivity contribution in [2.45, 2.75) is 347 Å². The number of ether oxygens (including phenoxy) is 13. The number of nitrogens with two attached hydrogens (primary N) is 1. The first-order chi connectivity index (χ1) is 67.4. The van der Waals surface area contributed by atoms with Crippen LogP contribution >= 0.6 is 47.8 Å². The molecular formula is C95H148Br3F10N3O34S. The van der Waals surface area contributed by atoms with Crippen molar-refractivity contribution in [1.29, 1.82) is 0 Å². The molecule has 0 heterocycles. The molecular weight excluding hydrogens is 2190 g/mol. The van der Waals surface area contributed by atoms with Crippen molar-refractivity contribution in [3.8, 4) is 0 Å². The summed E-state index contributed by atoms with van der Waals surface area (Å²) in [6.07, 6.45) is 1.78. The fraction of sp³-hybridized carbons (Fsp3) is 0.779. The number of carbonyl (C=O) groups is 15. The van der Waals surface area contributed by atoms with Crippen LogP contribution in [0.1, 0.15) is 258 Å². The summed E-state index contributed by atoms with van der Waals surface area (Å²) < 4.78 is 217. The summed E-state index contributed by atoms with van der Waals surface area (Å²) in [5.41, 5.74) is 2.62. The van der Waals surface area contributed by atoms with Crippen LogP contribution in [0.3, 0.4) is 0 Å². The fourth-order valence-electron chi connectivity index (χ4n) is 13.7. The van der Waals surface area contributed by atoms with E-state index in [9.17, 15) is 124 Å². The first-order valence-corrected chi connectivity index (χ1v) is 51.8. The molecule has 51 heteroatoms. The van der Waals surface area contributed by atoms with Gasteiger partial charge in [-0.15, -0.1) is 0 Å². The largest absolute Gasteiger partial charge is 0.481 e. The molecule has 8 aliphatic carbocycles. The molecule has 9 rings (SSSR count). The SMILES string of the molecule is CC(C)OC(=O)CC(=O)OC(C)C.CCCCOC(=O)C1CC(=O)C1.CCCCOC(=O)C1CC(F)(F)C1.CCOC(=O)C(C)(CC1CC(F)(F)C1)NC(C)=O.CCOC(=O)C(NC(C)=O)C(=O)OCC.COC(CBr)(CBr)OC.COC1(OC)CC(C(=O)OC(C)C)(C(=O)OC(C)C)C1.NC(CC1CC(F)(F)C1)C(=O)O.O=C1CC(C(=O)O)C1.O=S(=O)(OCC1CC(F)(F)C1)c1ccc(Br)cc1.OCC1CC(F)(F)C1. The molecule has 8 aliphatic rings. The maximum atomic E-state index is 12.8. The Labute approximate surface area is 871 Å². The number of esters is 9. The molecule has 2 atom stereocenters. The molecule has 8 saturated carbocycles. The predicted octanol–water partition coefficient (Wildman–Crippen LogP) is 15.0. The molecule has 1 aromatic rings. The van der Waals surface area contributed by atoms with Crippen LogP contribution in [-0.4, -0.2) is 281 Å². The smallest absolute Gasteiger partial charge is 0.340 e. The van der Waals surface area contributed by atoms with Crippen molar-refractivity contribution < 1.29 is 205 Å². The third-order valence-electron chi connectivity index (χ3n) is 21.7. The van der Waals surface area contributed by atoms with E-state index in [0.29, 0.717) is 36.7 Å². The van der Waals surface area contributed by atoms with Gasteiger partial charge in [0.2, 0.25) is 47.5 Å². The molecule has 7 N–H and O–H groups in total. The number of benzene rings is 1. The number of halogens is 13. The number of aliphatic carboxylic acids is 2. The zero-order valence-corrected chi connectivity index (χ0v) is 91.9. The van der Waals surface area contributed by atoms with Crippen LogP contribution in [0.25, 0.3) is 0 Å². The minimum Gasteiger partial charge on any atom is -0.481 e. The number of unbranched alkanes of at least 4 members (excludes halogenated alkanes) is 2. The summed E-state index contributed by atoms with van der Waals surface area (Å²) in [6.45, 7) is 27.8. The quantitative estimate of drug-likeness (QED) is 0.00518. The number of aliphatic hydroxyl groups is 1. The summed E-state index contributed by atoms with van der Waals surface area (Å²) in [5.74, 6) is -24.1. The van der Waals surface area contributed by atoms with Crippen LogP contribution in [0.2, 0.25) is 0 Å². The Hall–Kier alpha value is -7.92. The van der Waals surface area contributed by atoms with Gasteiger partial charge in [0.1, 0.15) is 29.6 Å². The van der Waals surface area contributed by atoms with Crippen molar-refractivity contribution in [2.24, 2.45) is 52.6 Å². The van der Waals surface area contributed by atoms with Crippen molar-refractivity contribution in [1.82, 2.24) is 10.6 Å². The second-order valence-corrected chi connectivity index (χ2v) is 40.4. The van der Waals surface area contributed by atoms with Gasteiger partial charge >= 0.3 is 65.7 Å². The second kappa shape index (κ2) is 67.4. The minimum atomic E-state index is -3.85. The molecule has 0 aliphatic heterocycles. The Morgan fingerprint density at radius 1 is 0.514 bits per heavy atom. The van der Waals surface area contributed by atoms with E-state index in [4.69, 9.17) is 77.3 Å². The lowest BCUT2D eigenvalue weighted by Gasteiger charge is -2.50. The van der Waals surface area contributed by atoms with Crippen molar-refractivity contribution in [3.05, 3.63) is 28.7 Å². The number of rotatable bonds is 41. The normalized spacial score (nSPS) is 18.3. The number of Topliss-reactive ketones (excluding diaryl/α,β-unsaturated/α-hetero) is 2. The lowest BCUT2D eigenvalue weighted by atomic mass is 9.64. The van der Waals surface area contributed by atoms with Gasteiger partial charge in [-0.1, -0.05) is 74.5 Å². The van der Waals surface area contributed by atoms with Gasteiger partial charge < -0.3 is 93.3 Å². The number of nitrogens with one attached hydrogen (secondary N) is 2. The van der Waals surface area contributed by atoms with E-state index in [1.54, 1.807) is 103 Å². The lowest BCUT2D eigenvalue weighted by molar-refractivity contribution is -0.295. The number of alkyl halides is 12. The van der Waals surface area contributed by atoms with Crippen molar-refractivity contribution in [2.75, 3.05) is 85.3 Å². The van der Waals surface area contributed by atoms with E-state index in [1.165, 1.54) is 47.1 Å². The summed E-state index contributed by atoms with van der Waals surface area (Å²) in [7, 11) is 2.35. The molecule has 146 heavy (non-hydrogen) atoms. The van der Waals surface area contributed by atoms with E-state index >= 15 is 0 Å². The molecule has 844 valence electrons. The summed E-state index contributed by atoms with van der Waals surface area (Å²) >= 11 is 9.74. The van der Waals surface area contributed by atoms with Gasteiger partial charge in [0, 0.05) is 156 Å². The standard InChI is InChI=1S/C14H24O6.C12H19F2NO3.C11H11BrF2O3S.C9H14F2O2.C9H15NO5.C9H16O4.C9H14O3.C7H11F2NO2.C5H10Br2O2.C5H8F2O.C5H6O3/c1-9(2)19-11(15)13(12(16)20-10(3)4)7-14(8-13,17-5)18-6;1-4-18-10(17)11(3,15-8(2)16)5-9-6-12(13,14)7-9;12-9-1-3-10(4-2-9)18(15,16)17-7-8-5-11(13,14)6-8;1-2-3-4-13-8(12)7-5-9(10,11)6-7;1-4-14-8(12)7(10-6(3)11)9(13)15-5-2;1-6(2)12-8(10)5-9(11)13-7(3)4;1-2-3-4-12-9(11)7-5-8(10)6-7;8-7(9)2-4(3-7)1-5(10)6(11)12;1-8-5(3-6,4-7)9-2;6-5(7)1-4(2-5)3-8;6-4-1-3(2-4)5(7)8/h9-10H,7-8H2,1-6H3;9H,4-7H2,1-3H3,(H,15,16);1-4,8H,5-7H2;7H,2-6H2,1H3;7H,4-5H2,1-3H3,(H,10,11);6-7H,5H2,1-4H3;7H,2-6H2,1H3;4-5H,1-3,10H2,(H,11,12);3-4H2,1-2H3;4,8H,1-3H2;3H,1-2H2,(H,7,8). The highest BCUT2D eigenvalue weighted by atomic mass is 79.9. The number of amides is 2. The third kappa shape index (κ3) is 55.7. The average molecular weight is 2340 g/mol. The second-order valence-electron chi connectivity index (χ2n) is 36.8. The first kappa shape index (κ1) is 140. The minimum absolute atomic E-state index is 0.0248. The van der Waals surface area contributed by atoms with E-state index in [-0.39, 0.29) is 230 Å². The van der Waals surface area contributed by atoms with Gasteiger partial charge in [-0.05, 0) is 157 Å². The number of carboxylic acid groups (broad SMARTS) is 2. The highest BCUT2D eigenvalue weighted by molar-refractivity contribution is 9.10. The van der Waals surface area contributed by atoms with Gasteiger partial charge in [0.25, 0.3) is 10.1 Å². The van der Waals surface area contributed by atoms with Crippen LogP contribution in [-0.2, 0) is 148 Å². The van der Waals surface area contributed by atoms with Crippen LogP contribution in [0, 0.1) is 46.8 Å². The maximum absolute atomic E-state index is 12.8. The average Bonchev–Trinajstić information content (AvgIpc) is 0.721. The zero-order valence-electron chi connectivity index (χ0n) is 86.3. The number of hydrogen-bond donors (Lipinski definition) is 6. The molecule has 0 bridgehead atoms. The van der Waals surface area contributed by atoms with Crippen LogP contribution < -0.4 is 16.4 Å². The van der Waals surface area contributed by atoms with Gasteiger partial charge in [0.15, 0.2) is 17.0 Å². The topological polar surface area (TPSA) is 530 Å². The summed E-state index contributed by atoms with van der Waals surface area (Å²) in [5, 5.41) is 30.9. The highest BCUT2D eigenvalue weighted by Gasteiger charge is 2.67. The number of carboxylic acids is 2. The number of carbonyl (C=O) groups excluding carboxylic acids is 13. The first-order valence-electron chi connectivity index (χ1n) is 47.3. The zero-order chi connectivity index (χ0) is 113. The molecule has 37 nitrogen and oxygen atoms in total. The van der Waals surface area contributed by atoms with Crippen LogP contribution in [0.4, 0.5) is 43.9 Å². The molecule has 1 aromatic carbocycles. The van der Waals surface area contributed by atoms with Gasteiger partial charge in [-0.2, -0.15) is 8.42 Å². The molecule has 2 amide bonds.